The third-order valence-electron chi connectivity index (χ3n) is 4.76. The number of benzene rings is 2. The number of morpholine rings is 1. The third kappa shape index (κ3) is 2.99. The lowest BCUT2D eigenvalue weighted by Crippen LogP contribution is -2.36. The van der Waals surface area contributed by atoms with Crippen molar-refractivity contribution in [3.8, 4) is 11.1 Å². The van der Waals surface area contributed by atoms with Crippen LogP contribution in [0.5, 0.6) is 0 Å². The monoisotopic (exact) mass is 349 g/mol. The quantitative estimate of drug-likeness (QED) is 0.529. The number of anilines is 1. The zero-order valence-electron chi connectivity index (χ0n) is 14.5. The van der Waals surface area contributed by atoms with Gasteiger partial charge in [0.25, 0.3) is 5.69 Å². The highest BCUT2D eigenvalue weighted by Gasteiger charge is 2.18. The van der Waals surface area contributed by atoms with Gasteiger partial charge >= 0.3 is 0 Å². The van der Waals surface area contributed by atoms with Crippen LogP contribution in [0.15, 0.2) is 48.5 Å². The third-order valence-corrected chi connectivity index (χ3v) is 4.76. The molecule has 0 spiro atoms. The Balaban J connectivity index is 1.96. The Morgan fingerprint density at radius 2 is 1.85 bits per heavy atom. The van der Waals surface area contributed by atoms with Crippen LogP contribution in [0, 0.1) is 17.0 Å². The highest BCUT2D eigenvalue weighted by Crippen LogP contribution is 2.35. The lowest BCUT2D eigenvalue weighted by molar-refractivity contribution is -0.384. The van der Waals surface area contributed by atoms with E-state index < -0.39 is 0 Å². The van der Waals surface area contributed by atoms with Gasteiger partial charge in [-0.2, -0.15) is 0 Å². The molecule has 1 aliphatic rings. The molecule has 6 heteroatoms. The molecule has 1 fully saturated rings. The fourth-order valence-corrected chi connectivity index (χ4v) is 3.37. The Bertz CT molecular complexity index is 981. The zero-order valence-corrected chi connectivity index (χ0v) is 14.5. The van der Waals surface area contributed by atoms with Crippen molar-refractivity contribution in [2.75, 3.05) is 31.2 Å². The number of fused-ring (bicyclic) bond motifs is 1. The number of nitro groups is 1. The minimum Gasteiger partial charge on any atom is -0.378 e. The van der Waals surface area contributed by atoms with E-state index in [0.717, 1.165) is 46.5 Å². The molecule has 4 rings (SSSR count). The van der Waals surface area contributed by atoms with Crippen molar-refractivity contribution in [2.45, 2.75) is 6.92 Å². The maximum Gasteiger partial charge on any atom is 0.270 e. The second-order valence-corrected chi connectivity index (χ2v) is 6.40. The van der Waals surface area contributed by atoms with Crippen LogP contribution in [0.2, 0.25) is 0 Å². The molecule has 6 nitrogen and oxygen atoms in total. The van der Waals surface area contributed by atoms with Gasteiger partial charge in [-0.15, -0.1) is 0 Å². The van der Waals surface area contributed by atoms with E-state index in [0.29, 0.717) is 13.2 Å². The molecule has 0 amide bonds. The molecule has 0 aliphatic carbocycles. The molecule has 0 unspecified atom stereocenters. The molecule has 0 bridgehead atoms. The Morgan fingerprint density at radius 1 is 1.08 bits per heavy atom. The topological polar surface area (TPSA) is 68.5 Å². The van der Waals surface area contributed by atoms with Gasteiger partial charge in [0, 0.05) is 30.6 Å². The summed E-state index contributed by atoms with van der Waals surface area (Å²) in [5, 5.41) is 12.0. The van der Waals surface area contributed by atoms with Crippen molar-refractivity contribution >= 4 is 22.4 Å². The van der Waals surface area contributed by atoms with Crippen LogP contribution in [-0.2, 0) is 4.74 Å². The van der Waals surface area contributed by atoms with Crippen LogP contribution >= 0.6 is 0 Å². The number of rotatable bonds is 3. The summed E-state index contributed by atoms with van der Waals surface area (Å²) in [5.41, 5.74) is 4.00. The van der Waals surface area contributed by atoms with E-state index in [1.807, 2.05) is 37.3 Å². The number of pyridine rings is 1. The van der Waals surface area contributed by atoms with Crippen molar-refractivity contribution in [1.82, 2.24) is 4.98 Å². The summed E-state index contributed by atoms with van der Waals surface area (Å²) in [6.45, 7) is 4.99. The Hall–Kier alpha value is -2.99. The molecule has 26 heavy (non-hydrogen) atoms. The molecule has 2 aromatic carbocycles. The Labute approximate surface area is 151 Å². The Morgan fingerprint density at radius 3 is 2.58 bits per heavy atom. The van der Waals surface area contributed by atoms with Gasteiger partial charge in [-0.1, -0.05) is 24.3 Å². The smallest absolute Gasteiger partial charge is 0.270 e. The molecule has 0 atom stereocenters. The molecule has 3 aromatic rings. The molecule has 132 valence electrons. The van der Waals surface area contributed by atoms with Crippen molar-refractivity contribution in [3.63, 3.8) is 0 Å². The first kappa shape index (κ1) is 16.5. The van der Waals surface area contributed by atoms with Gasteiger partial charge in [0.2, 0.25) is 0 Å². The van der Waals surface area contributed by atoms with Crippen molar-refractivity contribution in [3.05, 3.63) is 64.2 Å². The summed E-state index contributed by atoms with van der Waals surface area (Å²) < 4.78 is 5.44. The second kappa shape index (κ2) is 6.72. The van der Waals surface area contributed by atoms with Crippen LogP contribution in [0.4, 0.5) is 11.5 Å². The standard InChI is InChI=1S/C20H19N3O3/c1-14-4-2-3-5-16(14)17-13-20(22-8-10-26-11-9-22)21-19-7-6-15(23(24)25)12-18(17)19/h2-7,12-13H,8-11H2,1H3. The van der Waals surface area contributed by atoms with Gasteiger partial charge in [0.05, 0.1) is 23.7 Å². The molecular weight excluding hydrogens is 330 g/mol. The van der Waals surface area contributed by atoms with Gasteiger partial charge in [-0.25, -0.2) is 4.98 Å². The molecule has 0 saturated carbocycles. The second-order valence-electron chi connectivity index (χ2n) is 6.40. The SMILES string of the molecule is Cc1ccccc1-c1cc(N2CCOCC2)nc2ccc([N+](=O)[O-])cc12. The van der Waals surface area contributed by atoms with Gasteiger partial charge in [-0.05, 0) is 35.7 Å². The van der Waals surface area contributed by atoms with Crippen LogP contribution in [0.1, 0.15) is 5.56 Å². The van der Waals surface area contributed by atoms with Gasteiger partial charge in [-0.3, -0.25) is 10.1 Å². The van der Waals surface area contributed by atoms with Crippen LogP contribution < -0.4 is 4.90 Å². The summed E-state index contributed by atoms with van der Waals surface area (Å²) in [6, 6.07) is 15.0. The van der Waals surface area contributed by atoms with Crippen molar-refractivity contribution in [1.29, 1.82) is 0 Å². The van der Waals surface area contributed by atoms with Crippen molar-refractivity contribution < 1.29 is 9.66 Å². The van der Waals surface area contributed by atoms with Gasteiger partial charge in [0.15, 0.2) is 0 Å². The largest absolute Gasteiger partial charge is 0.378 e. The number of non-ortho nitro benzene ring substituents is 1. The van der Waals surface area contributed by atoms with Crippen molar-refractivity contribution in [2.24, 2.45) is 0 Å². The fraction of sp³-hybridized carbons (Fsp3) is 0.250. The summed E-state index contributed by atoms with van der Waals surface area (Å²) in [7, 11) is 0. The summed E-state index contributed by atoms with van der Waals surface area (Å²) in [5.74, 6) is 0.882. The number of aromatic nitrogens is 1. The van der Waals surface area contributed by atoms with E-state index in [1.165, 1.54) is 6.07 Å². The van der Waals surface area contributed by atoms with E-state index in [9.17, 15) is 10.1 Å². The fourth-order valence-electron chi connectivity index (χ4n) is 3.37. The molecule has 0 N–H and O–H groups in total. The highest BCUT2D eigenvalue weighted by atomic mass is 16.6. The average molecular weight is 349 g/mol. The Kier molecular flexibility index (Phi) is 4.26. The number of hydrogen-bond acceptors (Lipinski definition) is 5. The van der Waals surface area contributed by atoms with Gasteiger partial charge < -0.3 is 9.64 Å². The van der Waals surface area contributed by atoms with E-state index in [-0.39, 0.29) is 10.6 Å². The van der Waals surface area contributed by atoms with E-state index in [1.54, 1.807) is 12.1 Å². The first-order chi connectivity index (χ1) is 12.6. The average Bonchev–Trinajstić information content (AvgIpc) is 2.68. The van der Waals surface area contributed by atoms with Crippen LogP contribution in [0.25, 0.3) is 22.0 Å². The van der Waals surface area contributed by atoms with Crippen LogP contribution in [0.3, 0.4) is 0 Å². The molecule has 2 heterocycles. The predicted molar refractivity (Wildman–Crippen MR) is 102 cm³/mol. The number of nitrogens with zero attached hydrogens (tertiary/aromatic N) is 3. The maximum absolute atomic E-state index is 11.2. The minimum absolute atomic E-state index is 0.0771. The van der Waals surface area contributed by atoms with Gasteiger partial charge in [0.1, 0.15) is 5.82 Å². The van der Waals surface area contributed by atoms with Crippen LogP contribution in [-0.4, -0.2) is 36.2 Å². The number of hydrogen-bond donors (Lipinski definition) is 0. The summed E-state index contributed by atoms with van der Waals surface area (Å²) in [6.07, 6.45) is 0. The number of ether oxygens (including phenoxy) is 1. The summed E-state index contributed by atoms with van der Waals surface area (Å²) in [4.78, 5) is 17.8. The maximum atomic E-state index is 11.2. The molecular formula is C20H19N3O3. The lowest BCUT2D eigenvalue weighted by Gasteiger charge is -2.28. The van der Waals surface area contributed by atoms with E-state index >= 15 is 0 Å². The lowest BCUT2D eigenvalue weighted by atomic mass is 9.96. The predicted octanol–water partition coefficient (Wildman–Crippen LogP) is 3.96. The first-order valence-electron chi connectivity index (χ1n) is 8.61. The first-order valence-corrected chi connectivity index (χ1v) is 8.61. The number of nitro benzene ring substituents is 1. The highest BCUT2D eigenvalue weighted by molar-refractivity contribution is 5.98. The summed E-state index contributed by atoms with van der Waals surface area (Å²) >= 11 is 0. The number of aryl methyl sites for hydroxylation is 1. The molecule has 1 aromatic heterocycles. The minimum atomic E-state index is -0.364. The normalized spacial score (nSPS) is 14.6. The van der Waals surface area contributed by atoms with E-state index in [4.69, 9.17) is 9.72 Å². The van der Waals surface area contributed by atoms with E-state index in [2.05, 4.69) is 4.90 Å². The molecule has 1 aliphatic heterocycles. The molecule has 1 saturated heterocycles. The molecule has 0 radical (unpaired) electrons. The zero-order chi connectivity index (χ0) is 18.1.